The molecule has 0 amide bonds. The second kappa shape index (κ2) is 5.98. The first-order valence-corrected chi connectivity index (χ1v) is 6.85. The summed E-state index contributed by atoms with van der Waals surface area (Å²) in [5.41, 5.74) is 11.0. The summed E-state index contributed by atoms with van der Waals surface area (Å²) in [7, 11) is 0. The lowest BCUT2D eigenvalue weighted by molar-refractivity contribution is 1.55. The fraction of sp³-hybridized carbons (Fsp3) is 0. The molecule has 0 bridgehead atoms. The molecular formula is C20H15N. The van der Waals surface area contributed by atoms with E-state index in [2.05, 4.69) is 42.3 Å². The average Bonchev–Trinajstić information content (AvgIpc) is 2.56. The van der Waals surface area contributed by atoms with Gasteiger partial charge in [-0.15, -0.1) is 0 Å². The Bertz CT molecular complexity index is 793. The van der Waals surface area contributed by atoms with E-state index in [1.54, 1.807) is 0 Å². The molecule has 1 heteroatoms. The highest BCUT2D eigenvalue weighted by Crippen LogP contribution is 2.34. The highest BCUT2D eigenvalue weighted by atomic mass is 14.5. The Kier molecular flexibility index (Phi) is 3.71. The van der Waals surface area contributed by atoms with Gasteiger partial charge in [0.2, 0.25) is 0 Å². The van der Waals surface area contributed by atoms with Crippen LogP contribution in [-0.4, -0.2) is 0 Å². The molecule has 0 aliphatic heterocycles. The van der Waals surface area contributed by atoms with Crippen molar-refractivity contribution < 1.29 is 0 Å². The van der Waals surface area contributed by atoms with Crippen molar-refractivity contribution in [3.63, 3.8) is 0 Å². The normalized spacial score (nSPS) is 9.71. The van der Waals surface area contributed by atoms with Gasteiger partial charge in [-0.1, -0.05) is 72.8 Å². The average molecular weight is 269 g/mol. The van der Waals surface area contributed by atoms with E-state index in [1.807, 2.05) is 48.5 Å². The highest BCUT2D eigenvalue weighted by Gasteiger charge is 2.10. The van der Waals surface area contributed by atoms with Gasteiger partial charge < -0.3 is 5.73 Å². The minimum absolute atomic E-state index is 0.949. The SMILES string of the molecule is NC#Cc1cccc(-c2ccccc2)c1-c1ccccc1. The Morgan fingerprint density at radius 2 is 1.24 bits per heavy atom. The molecule has 0 saturated heterocycles. The van der Waals surface area contributed by atoms with E-state index >= 15 is 0 Å². The Labute approximate surface area is 125 Å². The van der Waals surface area contributed by atoms with Crippen molar-refractivity contribution in [2.45, 2.75) is 0 Å². The van der Waals surface area contributed by atoms with Crippen molar-refractivity contribution in [3.05, 3.63) is 84.4 Å². The van der Waals surface area contributed by atoms with Crippen LogP contribution in [-0.2, 0) is 0 Å². The van der Waals surface area contributed by atoms with Gasteiger partial charge >= 0.3 is 0 Å². The third-order valence-electron chi connectivity index (χ3n) is 3.42. The van der Waals surface area contributed by atoms with Crippen LogP contribution in [0.15, 0.2) is 78.9 Å². The van der Waals surface area contributed by atoms with Gasteiger partial charge in [0.1, 0.15) is 0 Å². The van der Waals surface area contributed by atoms with Crippen LogP contribution in [0.4, 0.5) is 0 Å². The summed E-state index contributed by atoms with van der Waals surface area (Å²) in [6.45, 7) is 0. The maximum absolute atomic E-state index is 5.44. The summed E-state index contributed by atoms with van der Waals surface area (Å²) in [5, 5.41) is 0. The Morgan fingerprint density at radius 1 is 0.619 bits per heavy atom. The largest absolute Gasteiger partial charge is 0.359 e. The molecule has 0 fully saturated rings. The van der Waals surface area contributed by atoms with Crippen molar-refractivity contribution in [3.8, 4) is 34.2 Å². The van der Waals surface area contributed by atoms with E-state index in [9.17, 15) is 0 Å². The second-order valence-electron chi connectivity index (χ2n) is 4.73. The van der Waals surface area contributed by atoms with Gasteiger partial charge in [0.25, 0.3) is 0 Å². The first-order valence-electron chi connectivity index (χ1n) is 6.85. The molecule has 3 aromatic rings. The molecule has 2 N–H and O–H groups in total. The van der Waals surface area contributed by atoms with E-state index in [1.165, 1.54) is 11.1 Å². The first kappa shape index (κ1) is 13.0. The zero-order valence-electron chi connectivity index (χ0n) is 11.6. The first-order chi connectivity index (χ1) is 10.4. The zero-order chi connectivity index (χ0) is 14.5. The van der Waals surface area contributed by atoms with Crippen molar-refractivity contribution in [1.82, 2.24) is 0 Å². The molecule has 0 saturated carbocycles. The Balaban J connectivity index is 2.30. The van der Waals surface area contributed by atoms with Crippen molar-refractivity contribution in [2.24, 2.45) is 5.73 Å². The molecule has 0 aliphatic rings. The third kappa shape index (κ3) is 2.66. The van der Waals surface area contributed by atoms with Gasteiger partial charge in [0, 0.05) is 17.2 Å². The van der Waals surface area contributed by atoms with E-state index in [0.717, 1.165) is 16.7 Å². The third-order valence-corrected chi connectivity index (χ3v) is 3.42. The topological polar surface area (TPSA) is 26.0 Å². The molecule has 0 heterocycles. The van der Waals surface area contributed by atoms with Crippen molar-refractivity contribution in [2.75, 3.05) is 0 Å². The summed E-state index contributed by atoms with van der Waals surface area (Å²) < 4.78 is 0. The lowest BCUT2D eigenvalue weighted by Gasteiger charge is -2.12. The van der Waals surface area contributed by atoms with Crippen LogP contribution < -0.4 is 5.73 Å². The van der Waals surface area contributed by atoms with Gasteiger partial charge in [-0.3, -0.25) is 0 Å². The van der Waals surface area contributed by atoms with Gasteiger partial charge in [-0.2, -0.15) is 0 Å². The molecule has 0 spiro atoms. The molecule has 0 atom stereocenters. The molecule has 3 rings (SSSR count). The molecule has 0 aromatic heterocycles. The van der Waals surface area contributed by atoms with E-state index < -0.39 is 0 Å². The summed E-state index contributed by atoms with van der Waals surface area (Å²) in [6, 6.07) is 29.3. The van der Waals surface area contributed by atoms with Crippen molar-refractivity contribution in [1.29, 1.82) is 0 Å². The van der Waals surface area contributed by atoms with Crippen LogP contribution in [0.1, 0.15) is 5.56 Å². The number of benzene rings is 3. The van der Waals surface area contributed by atoms with Crippen LogP contribution in [0, 0.1) is 12.0 Å². The Hall–Kier alpha value is -2.98. The lowest BCUT2D eigenvalue weighted by Crippen LogP contribution is -1.91. The number of hydrogen-bond acceptors (Lipinski definition) is 1. The fourth-order valence-electron chi connectivity index (χ4n) is 2.51. The predicted molar refractivity (Wildman–Crippen MR) is 88.4 cm³/mol. The lowest BCUT2D eigenvalue weighted by atomic mass is 9.91. The number of rotatable bonds is 2. The molecular weight excluding hydrogens is 254 g/mol. The summed E-state index contributed by atoms with van der Waals surface area (Å²) >= 11 is 0. The molecule has 0 aliphatic carbocycles. The van der Waals surface area contributed by atoms with Gasteiger partial charge in [-0.25, -0.2) is 0 Å². The number of hydrogen-bond donors (Lipinski definition) is 1. The molecule has 0 unspecified atom stereocenters. The van der Waals surface area contributed by atoms with E-state index in [-0.39, 0.29) is 0 Å². The zero-order valence-corrected chi connectivity index (χ0v) is 11.6. The van der Waals surface area contributed by atoms with Gasteiger partial charge in [-0.05, 0) is 28.7 Å². The molecule has 1 nitrogen and oxygen atoms in total. The van der Waals surface area contributed by atoms with Crippen LogP contribution in [0.2, 0.25) is 0 Å². The van der Waals surface area contributed by atoms with Crippen molar-refractivity contribution >= 4 is 0 Å². The summed E-state index contributed by atoms with van der Waals surface area (Å²) in [4.78, 5) is 0. The van der Waals surface area contributed by atoms with Gasteiger partial charge in [0.15, 0.2) is 0 Å². The van der Waals surface area contributed by atoms with E-state index in [4.69, 9.17) is 5.73 Å². The maximum Gasteiger partial charge on any atom is 0.0348 e. The van der Waals surface area contributed by atoms with Crippen LogP contribution in [0.3, 0.4) is 0 Å². The van der Waals surface area contributed by atoms with Crippen LogP contribution >= 0.6 is 0 Å². The summed E-state index contributed by atoms with van der Waals surface area (Å²) in [5.74, 6) is 3.01. The van der Waals surface area contributed by atoms with Crippen LogP contribution in [0.5, 0.6) is 0 Å². The standard InChI is InChI=1S/C20H15N/c21-15-14-18-12-7-13-19(16-8-3-1-4-9-16)20(18)17-10-5-2-6-11-17/h1-13H,21H2. The second-order valence-corrected chi connectivity index (χ2v) is 4.73. The minimum Gasteiger partial charge on any atom is -0.359 e. The molecule has 100 valence electrons. The monoisotopic (exact) mass is 269 g/mol. The highest BCUT2D eigenvalue weighted by molar-refractivity contribution is 5.87. The molecule has 0 radical (unpaired) electrons. The maximum atomic E-state index is 5.44. The van der Waals surface area contributed by atoms with Crippen LogP contribution in [0.25, 0.3) is 22.3 Å². The van der Waals surface area contributed by atoms with Gasteiger partial charge in [0.05, 0.1) is 0 Å². The smallest absolute Gasteiger partial charge is 0.0348 e. The Morgan fingerprint density at radius 3 is 1.86 bits per heavy atom. The fourth-order valence-corrected chi connectivity index (χ4v) is 2.51. The molecule has 21 heavy (non-hydrogen) atoms. The predicted octanol–water partition coefficient (Wildman–Crippen LogP) is 4.29. The summed E-state index contributed by atoms with van der Waals surface area (Å²) in [6.07, 6.45) is 0. The quantitative estimate of drug-likeness (QED) is 0.545. The number of nitrogens with two attached hydrogens (primary N) is 1. The molecule has 3 aromatic carbocycles. The van der Waals surface area contributed by atoms with E-state index in [0.29, 0.717) is 0 Å². The minimum atomic E-state index is 0.949.